The summed E-state index contributed by atoms with van der Waals surface area (Å²) in [6, 6.07) is 3.07. The van der Waals surface area contributed by atoms with Gasteiger partial charge in [0.05, 0.1) is 11.7 Å². The smallest absolute Gasteiger partial charge is 0.393 e. The second kappa shape index (κ2) is 5.70. The van der Waals surface area contributed by atoms with Gasteiger partial charge in [-0.15, -0.1) is 0 Å². The van der Waals surface area contributed by atoms with Crippen molar-refractivity contribution in [3.05, 3.63) is 29.3 Å². The number of nitrogens with zero attached hydrogens (tertiary/aromatic N) is 1. The molecule has 0 aromatic heterocycles. The van der Waals surface area contributed by atoms with E-state index in [-0.39, 0.29) is 23.8 Å². The molecule has 1 unspecified atom stereocenters. The van der Waals surface area contributed by atoms with Crippen LogP contribution in [-0.2, 0) is 6.18 Å². The molecule has 7 heteroatoms. The van der Waals surface area contributed by atoms with Gasteiger partial charge in [-0.1, -0.05) is 0 Å². The van der Waals surface area contributed by atoms with Gasteiger partial charge in [0.15, 0.2) is 0 Å². The van der Waals surface area contributed by atoms with Crippen LogP contribution >= 0.6 is 0 Å². The standard InChI is InChI=1S/C16H19F3N2O2/c1-9-4-10(16(17,18)19)6-11(5-9)20-15(23)21-12-2-3-13(21)8-14(22)7-12/h4-6,12-14,22H,2-3,7-8H2,1H3,(H,20,23)/t12-,13+,14?. The van der Waals surface area contributed by atoms with Gasteiger partial charge in [-0.25, -0.2) is 4.79 Å². The molecule has 23 heavy (non-hydrogen) atoms. The number of piperidine rings is 1. The molecule has 2 amide bonds. The average Bonchev–Trinajstić information content (AvgIpc) is 2.69. The quantitative estimate of drug-likeness (QED) is 0.828. The Balaban J connectivity index is 1.77. The second-order valence-corrected chi connectivity index (χ2v) is 6.43. The molecule has 126 valence electrons. The number of aryl methyl sites for hydroxylation is 1. The number of nitrogens with one attached hydrogen (secondary N) is 1. The number of hydrogen-bond donors (Lipinski definition) is 2. The molecular weight excluding hydrogens is 309 g/mol. The molecule has 1 aromatic carbocycles. The Bertz CT molecular complexity index is 604. The van der Waals surface area contributed by atoms with Crippen LogP contribution < -0.4 is 5.32 Å². The predicted molar refractivity (Wildman–Crippen MR) is 79.1 cm³/mol. The fourth-order valence-electron chi connectivity index (χ4n) is 3.69. The number of anilines is 1. The summed E-state index contributed by atoms with van der Waals surface area (Å²) in [7, 11) is 0. The fraction of sp³-hybridized carbons (Fsp3) is 0.562. The first-order valence-electron chi connectivity index (χ1n) is 7.70. The van der Waals surface area contributed by atoms with Crippen molar-refractivity contribution < 1.29 is 23.1 Å². The Kier molecular flexibility index (Phi) is 4.00. The van der Waals surface area contributed by atoms with E-state index in [0.717, 1.165) is 25.0 Å². The largest absolute Gasteiger partial charge is 0.416 e. The van der Waals surface area contributed by atoms with Crippen LogP contribution in [0.5, 0.6) is 0 Å². The molecule has 2 fully saturated rings. The third-order valence-corrected chi connectivity index (χ3v) is 4.60. The minimum absolute atomic E-state index is 0.0318. The first-order chi connectivity index (χ1) is 10.7. The molecule has 2 saturated heterocycles. The highest BCUT2D eigenvalue weighted by molar-refractivity contribution is 5.90. The Morgan fingerprint density at radius 3 is 2.39 bits per heavy atom. The van der Waals surface area contributed by atoms with Crippen LogP contribution in [0.3, 0.4) is 0 Å². The van der Waals surface area contributed by atoms with Crippen molar-refractivity contribution in [3.8, 4) is 0 Å². The van der Waals surface area contributed by atoms with Gasteiger partial charge in [0, 0.05) is 17.8 Å². The summed E-state index contributed by atoms with van der Waals surface area (Å²) in [5, 5.41) is 12.3. The molecule has 0 saturated carbocycles. The molecule has 2 bridgehead atoms. The molecule has 2 N–H and O–H groups in total. The maximum atomic E-state index is 12.9. The number of fused-ring (bicyclic) bond motifs is 2. The summed E-state index contributed by atoms with van der Waals surface area (Å²) in [6.07, 6.45) is -2.11. The van der Waals surface area contributed by atoms with Gasteiger partial charge in [0.2, 0.25) is 0 Å². The third kappa shape index (κ3) is 3.29. The SMILES string of the molecule is Cc1cc(NC(=O)N2[C@@H]3CC[C@H]2CC(O)C3)cc(C(F)(F)F)c1. The maximum absolute atomic E-state index is 12.9. The van der Waals surface area contributed by atoms with Crippen LogP contribution in [-0.4, -0.2) is 34.2 Å². The van der Waals surface area contributed by atoms with Crippen LogP contribution in [0.1, 0.15) is 36.8 Å². The number of amides is 2. The van der Waals surface area contributed by atoms with Crippen LogP contribution in [0, 0.1) is 6.92 Å². The van der Waals surface area contributed by atoms with Crippen molar-refractivity contribution in [2.45, 2.75) is 57.0 Å². The van der Waals surface area contributed by atoms with Gasteiger partial charge < -0.3 is 15.3 Å². The molecule has 0 spiro atoms. The van der Waals surface area contributed by atoms with Crippen molar-refractivity contribution in [1.82, 2.24) is 4.90 Å². The molecule has 1 aromatic rings. The molecule has 4 nitrogen and oxygen atoms in total. The Morgan fingerprint density at radius 2 is 1.83 bits per heavy atom. The van der Waals surface area contributed by atoms with Gasteiger partial charge in [0.25, 0.3) is 0 Å². The zero-order valence-corrected chi connectivity index (χ0v) is 12.7. The van der Waals surface area contributed by atoms with Crippen molar-refractivity contribution in [2.75, 3.05) is 5.32 Å². The fourth-order valence-corrected chi connectivity index (χ4v) is 3.69. The number of benzene rings is 1. The van der Waals surface area contributed by atoms with E-state index in [1.807, 2.05) is 0 Å². The number of urea groups is 1. The highest BCUT2D eigenvalue weighted by Crippen LogP contribution is 2.36. The molecular formula is C16H19F3N2O2. The lowest BCUT2D eigenvalue weighted by Crippen LogP contribution is -2.49. The lowest BCUT2D eigenvalue weighted by molar-refractivity contribution is -0.137. The Hall–Kier alpha value is -1.76. The molecule has 3 atom stereocenters. The number of hydrogen-bond acceptors (Lipinski definition) is 2. The van der Waals surface area contributed by atoms with Gasteiger partial charge in [-0.3, -0.25) is 0 Å². The molecule has 2 aliphatic rings. The summed E-state index contributed by atoms with van der Waals surface area (Å²) in [5.74, 6) is 0. The Labute approximate surface area is 132 Å². The lowest BCUT2D eigenvalue weighted by Gasteiger charge is -2.37. The van der Waals surface area contributed by atoms with Crippen molar-refractivity contribution in [3.63, 3.8) is 0 Å². The van der Waals surface area contributed by atoms with E-state index in [9.17, 15) is 23.1 Å². The number of alkyl halides is 3. The highest BCUT2D eigenvalue weighted by Gasteiger charge is 2.42. The van der Waals surface area contributed by atoms with Gasteiger partial charge in [-0.05, 0) is 56.4 Å². The minimum atomic E-state index is -4.44. The molecule has 3 rings (SSSR count). The van der Waals surface area contributed by atoms with E-state index >= 15 is 0 Å². The topological polar surface area (TPSA) is 52.6 Å². The normalized spacial score (nSPS) is 27.2. The number of aliphatic hydroxyl groups excluding tert-OH is 1. The number of carbonyl (C=O) groups excluding carboxylic acids is 1. The van der Waals surface area contributed by atoms with E-state index in [1.165, 1.54) is 6.07 Å². The van der Waals surface area contributed by atoms with Crippen molar-refractivity contribution in [2.24, 2.45) is 0 Å². The predicted octanol–water partition coefficient (Wildman–Crippen LogP) is 3.53. The van der Waals surface area contributed by atoms with E-state index in [4.69, 9.17) is 0 Å². The average molecular weight is 328 g/mol. The number of halogens is 3. The van der Waals surface area contributed by atoms with Gasteiger partial charge >= 0.3 is 12.2 Å². The summed E-state index contributed by atoms with van der Waals surface area (Å²) in [4.78, 5) is 14.1. The lowest BCUT2D eigenvalue weighted by atomic mass is 10.0. The molecule has 0 aliphatic carbocycles. The maximum Gasteiger partial charge on any atom is 0.416 e. The monoisotopic (exact) mass is 328 g/mol. The second-order valence-electron chi connectivity index (χ2n) is 6.43. The summed E-state index contributed by atoms with van der Waals surface area (Å²) in [6.45, 7) is 1.56. The highest BCUT2D eigenvalue weighted by atomic mass is 19.4. The van der Waals surface area contributed by atoms with Crippen LogP contribution in [0.15, 0.2) is 18.2 Å². The molecule has 0 radical (unpaired) electrons. The van der Waals surface area contributed by atoms with E-state index in [1.54, 1.807) is 11.8 Å². The van der Waals surface area contributed by atoms with Crippen LogP contribution in [0.25, 0.3) is 0 Å². The zero-order chi connectivity index (χ0) is 16.8. The van der Waals surface area contributed by atoms with Crippen molar-refractivity contribution >= 4 is 11.7 Å². The first-order valence-corrected chi connectivity index (χ1v) is 7.70. The van der Waals surface area contributed by atoms with Gasteiger partial charge in [0.1, 0.15) is 0 Å². The number of carbonyl (C=O) groups is 1. The molecule has 2 heterocycles. The van der Waals surface area contributed by atoms with E-state index in [0.29, 0.717) is 18.4 Å². The van der Waals surface area contributed by atoms with Crippen LogP contribution in [0.2, 0.25) is 0 Å². The van der Waals surface area contributed by atoms with Gasteiger partial charge in [-0.2, -0.15) is 13.2 Å². The van der Waals surface area contributed by atoms with E-state index in [2.05, 4.69) is 5.32 Å². The first kappa shape index (κ1) is 16.1. The summed E-state index contributed by atoms with van der Waals surface area (Å²) >= 11 is 0. The number of aliphatic hydroxyl groups is 1. The third-order valence-electron chi connectivity index (χ3n) is 4.60. The minimum Gasteiger partial charge on any atom is -0.393 e. The zero-order valence-electron chi connectivity index (χ0n) is 12.7. The van der Waals surface area contributed by atoms with Crippen molar-refractivity contribution in [1.29, 1.82) is 0 Å². The van der Waals surface area contributed by atoms with E-state index < -0.39 is 17.8 Å². The number of rotatable bonds is 1. The van der Waals surface area contributed by atoms with Crippen LogP contribution in [0.4, 0.5) is 23.7 Å². The molecule has 2 aliphatic heterocycles. The Morgan fingerprint density at radius 1 is 1.22 bits per heavy atom. The summed E-state index contributed by atoms with van der Waals surface area (Å²) < 4.78 is 38.6. The summed E-state index contributed by atoms with van der Waals surface area (Å²) in [5.41, 5.74) is -0.190.